The number of hydrogen-bond donors (Lipinski definition) is 2. The average Bonchev–Trinajstić information content (AvgIpc) is 3.08. The van der Waals surface area contributed by atoms with Crippen molar-refractivity contribution < 1.29 is 14.3 Å². The van der Waals surface area contributed by atoms with Crippen LogP contribution in [-0.2, 0) is 28.9 Å². The monoisotopic (exact) mass is 416 g/mol. The second-order valence-electron chi connectivity index (χ2n) is 8.39. The Morgan fingerprint density at radius 2 is 1.97 bits per heavy atom. The lowest BCUT2D eigenvalue weighted by molar-refractivity contribution is -0.115. The Morgan fingerprint density at radius 1 is 1.23 bits per heavy atom. The summed E-state index contributed by atoms with van der Waals surface area (Å²) in [4.78, 5) is 24.5. The highest BCUT2D eigenvalue weighted by atomic mass is 16.6. The molecule has 9 heteroatoms. The Morgan fingerprint density at radius 3 is 2.60 bits per heavy atom. The highest BCUT2D eigenvalue weighted by Gasteiger charge is 2.17. The van der Waals surface area contributed by atoms with Crippen molar-refractivity contribution >= 4 is 17.7 Å². The van der Waals surface area contributed by atoms with Crippen LogP contribution < -0.4 is 10.6 Å². The molecule has 164 valence electrons. The van der Waals surface area contributed by atoms with Crippen LogP contribution in [0.1, 0.15) is 64.4 Å². The van der Waals surface area contributed by atoms with E-state index in [1.54, 1.807) is 4.68 Å². The molecule has 2 N–H and O–H groups in total. The van der Waals surface area contributed by atoms with Gasteiger partial charge in [0.1, 0.15) is 5.60 Å². The Labute approximate surface area is 177 Å². The second kappa shape index (κ2) is 10.2. The molecule has 0 spiro atoms. The first-order valence-corrected chi connectivity index (χ1v) is 10.2. The number of benzene rings is 1. The van der Waals surface area contributed by atoms with Gasteiger partial charge >= 0.3 is 6.09 Å². The fraction of sp³-hybridized carbons (Fsp3) is 0.571. The van der Waals surface area contributed by atoms with Crippen LogP contribution in [0, 0.1) is 0 Å². The number of nitrogens with one attached hydrogen (secondary N) is 2. The topological polar surface area (TPSA) is 111 Å². The minimum absolute atomic E-state index is 0.0857. The van der Waals surface area contributed by atoms with Crippen molar-refractivity contribution in [2.24, 2.45) is 0 Å². The van der Waals surface area contributed by atoms with Gasteiger partial charge in [0.15, 0.2) is 5.82 Å². The van der Waals surface area contributed by atoms with Crippen molar-refractivity contribution in [1.29, 1.82) is 0 Å². The van der Waals surface area contributed by atoms with Gasteiger partial charge in [-0.25, -0.2) is 9.48 Å². The van der Waals surface area contributed by atoms with Gasteiger partial charge in [-0.3, -0.25) is 4.79 Å². The Hall–Kier alpha value is -2.97. The van der Waals surface area contributed by atoms with Gasteiger partial charge < -0.3 is 15.4 Å². The van der Waals surface area contributed by atoms with E-state index in [2.05, 4.69) is 40.0 Å². The Balaban J connectivity index is 2.07. The molecule has 2 aromatic rings. The number of aryl methyl sites for hydroxylation is 1. The molecular formula is C21H32N6O3. The number of aromatic nitrogens is 4. The number of ether oxygens (including phenoxy) is 1. The lowest BCUT2D eigenvalue weighted by atomic mass is 9.99. The van der Waals surface area contributed by atoms with Gasteiger partial charge in [0.25, 0.3) is 0 Å². The number of tetrazole rings is 1. The smallest absolute Gasteiger partial charge is 0.407 e. The van der Waals surface area contributed by atoms with Gasteiger partial charge in [-0.2, -0.15) is 0 Å². The maximum absolute atomic E-state index is 12.6. The predicted molar refractivity (Wildman–Crippen MR) is 114 cm³/mol. The molecule has 0 saturated carbocycles. The zero-order chi connectivity index (χ0) is 22.3. The van der Waals surface area contributed by atoms with Gasteiger partial charge in [0, 0.05) is 18.8 Å². The molecule has 30 heavy (non-hydrogen) atoms. The quantitative estimate of drug-likeness (QED) is 0.684. The molecular weight excluding hydrogens is 384 g/mol. The summed E-state index contributed by atoms with van der Waals surface area (Å²) in [5.74, 6) is 0.645. The third kappa shape index (κ3) is 7.13. The summed E-state index contributed by atoms with van der Waals surface area (Å²) < 4.78 is 6.85. The zero-order valence-corrected chi connectivity index (χ0v) is 18.7. The lowest BCUT2D eigenvalue weighted by Gasteiger charge is -2.20. The SMILES string of the molecule is CCn1nnnc1CC(=O)Nc1cc(C(C)C)ccc1CCNC(=O)OC(C)(C)C. The van der Waals surface area contributed by atoms with Gasteiger partial charge in [0.2, 0.25) is 5.91 Å². The predicted octanol–water partition coefficient (Wildman–Crippen LogP) is 3.06. The van der Waals surface area contributed by atoms with Crippen LogP contribution in [-0.4, -0.2) is 44.4 Å². The molecule has 9 nitrogen and oxygen atoms in total. The molecule has 0 saturated heterocycles. The number of nitrogens with zero attached hydrogens (tertiary/aromatic N) is 4. The van der Waals surface area contributed by atoms with Crippen LogP contribution in [0.5, 0.6) is 0 Å². The highest BCUT2D eigenvalue weighted by Crippen LogP contribution is 2.23. The Kier molecular flexibility index (Phi) is 7.91. The number of carbonyl (C=O) groups is 2. The second-order valence-corrected chi connectivity index (χ2v) is 8.39. The first-order valence-electron chi connectivity index (χ1n) is 10.2. The van der Waals surface area contributed by atoms with Crippen molar-refractivity contribution in [3.05, 3.63) is 35.2 Å². The minimum atomic E-state index is -0.546. The van der Waals surface area contributed by atoms with Crippen molar-refractivity contribution in [3.8, 4) is 0 Å². The number of carbonyl (C=O) groups excluding carboxylic acids is 2. The number of hydrogen-bond acceptors (Lipinski definition) is 6. The molecule has 0 aliphatic heterocycles. The zero-order valence-electron chi connectivity index (χ0n) is 18.7. The molecule has 0 bridgehead atoms. The number of amides is 2. The van der Waals surface area contributed by atoms with Crippen LogP contribution in [0.4, 0.5) is 10.5 Å². The van der Waals surface area contributed by atoms with E-state index in [9.17, 15) is 9.59 Å². The summed E-state index contributed by atoms with van der Waals surface area (Å²) in [6.45, 7) is 12.6. The molecule has 0 atom stereocenters. The van der Waals surface area contributed by atoms with E-state index in [0.29, 0.717) is 31.3 Å². The summed E-state index contributed by atoms with van der Waals surface area (Å²) in [5.41, 5.74) is 2.23. The molecule has 0 aliphatic rings. The molecule has 1 aromatic heterocycles. The first-order chi connectivity index (χ1) is 14.1. The summed E-state index contributed by atoms with van der Waals surface area (Å²) in [6.07, 6.45) is 0.181. The fourth-order valence-electron chi connectivity index (χ4n) is 2.83. The number of rotatable bonds is 8. The number of anilines is 1. The van der Waals surface area contributed by atoms with E-state index < -0.39 is 11.7 Å². The van der Waals surface area contributed by atoms with Crippen LogP contribution in [0.25, 0.3) is 0 Å². The van der Waals surface area contributed by atoms with Gasteiger partial charge in [-0.15, -0.1) is 5.10 Å². The van der Waals surface area contributed by atoms with Crippen LogP contribution in [0.2, 0.25) is 0 Å². The van der Waals surface area contributed by atoms with E-state index in [0.717, 1.165) is 16.8 Å². The largest absolute Gasteiger partial charge is 0.444 e. The molecule has 0 fully saturated rings. The molecule has 0 unspecified atom stereocenters. The fourth-order valence-corrected chi connectivity index (χ4v) is 2.83. The van der Waals surface area contributed by atoms with Crippen LogP contribution in [0.15, 0.2) is 18.2 Å². The third-order valence-corrected chi connectivity index (χ3v) is 4.36. The molecule has 2 rings (SSSR count). The van der Waals surface area contributed by atoms with E-state index in [4.69, 9.17) is 4.74 Å². The van der Waals surface area contributed by atoms with Crippen molar-refractivity contribution in [3.63, 3.8) is 0 Å². The molecule has 0 radical (unpaired) electrons. The van der Waals surface area contributed by atoms with E-state index in [1.807, 2.05) is 45.9 Å². The molecule has 0 aliphatic carbocycles. The summed E-state index contributed by atoms with van der Waals surface area (Å²) in [6, 6.07) is 6.01. The first kappa shape index (κ1) is 23.3. The van der Waals surface area contributed by atoms with Crippen LogP contribution in [0.3, 0.4) is 0 Å². The van der Waals surface area contributed by atoms with E-state index in [1.165, 1.54) is 0 Å². The standard InChI is InChI=1S/C21H32N6O3/c1-7-27-18(24-25-26-27)13-19(28)23-17-12-16(14(2)3)9-8-15(17)10-11-22-20(29)30-21(4,5)6/h8-9,12,14H,7,10-11,13H2,1-6H3,(H,22,29)(H,23,28). The van der Waals surface area contributed by atoms with Crippen molar-refractivity contribution in [2.75, 3.05) is 11.9 Å². The molecule has 1 aromatic carbocycles. The van der Waals surface area contributed by atoms with Crippen molar-refractivity contribution in [1.82, 2.24) is 25.5 Å². The van der Waals surface area contributed by atoms with Crippen LogP contribution >= 0.6 is 0 Å². The van der Waals surface area contributed by atoms with Gasteiger partial charge in [-0.1, -0.05) is 26.0 Å². The maximum atomic E-state index is 12.6. The lowest BCUT2D eigenvalue weighted by Crippen LogP contribution is -2.33. The van der Waals surface area contributed by atoms with Crippen molar-refractivity contribution in [2.45, 2.75) is 72.4 Å². The summed E-state index contributed by atoms with van der Waals surface area (Å²) in [7, 11) is 0. The minimum Gasteiger partial charge on any atom is -0.444 e. The normalized spacial score (nSPS) is 11.4. The van der Waals surface area contributed by atoms with E-state index in [-0.39, 0.29) is 12.3 Å². The highest BCUT2D eigenvalue weighted by molar-refractivity contribution is 5.92. The van der Waals surface area contributed by atoms with E-state index >= 15 is 0 Å². The van der Waals surface area contributed by atoms with Gasteiger partial charge in [-0.05, 0) is 67.7 Å². The number of alkyl carbamates (subject to hydrolysis) is 1. The van der Waals surface area contributed by atoms with Gasteiger partial charge in [0.05, 0.1) is 6.42 Å². The molecule has 2 amide bonds. The third-order valence-electron chi connectivity index (χ3n) is 4.36. The summed E-state index contributed by atoms with van der Waals surface area (Å²) >= 11 is 0. The summed E-state index contributed by atoms with van der Waals surface area (Å²) in [5, 5.41) is 17.1. The Bertz CT molecular complexity index is 870. The average molecular weight is 417 g/mol. The molecule has 1 heterocycles. The maximum Gasteiger partial charge on any atom is 0.407 e.